The minimum atomic E-state index is -4.69. The molecule has 2 aromatic carbocycles. The number of hydrogen-bond acceptors (Lipinski definition) is 9. The monoisotopic (exact) mass is 654 g/mol. The van der Waals surface area contributed by atoms with Crippen molar-refractivity contribution in [2.75, 3.05) is 57.2 Å². The number of sulfonamides is 1. The van der Waals surface area contributed by atoms with Crippen molar-refractivity contribution in [3.8, 4) is 5.88 Å². The van der Waals surface area contributed by atoms with Crippen molar-refractivity contribution >= 4 is 27.5 Å². The minimum Gasteiger partial charge on any atom is -0.478 e. The molecule has 4 heterocycles. The summed E-state index contributed by atoms with van der Waals surface area (Å²) in [5.74, 6) is -5.00. The number of likely N-dealkylation sites (N-methyl/N-ethyl adjacent to an activating group) is 1. The second-order valence-corrected chi connectivity index (χ2v) is 13.5. The molecule has 0 spiro atoms. The van der Waals surface area contributed by atoms with E-state index in [-0.39, 0.29) is 28.5 Å². The second-order valence-electron chi connectivity index (χ2n) is 11.7. The first-order valence-corrected chi connectivity index (χ1v) is 16.7. The number of benzene rings is 2. The molecule has 1 atom stereocenters. The molecule has 46 heavy (non-hydrogen) atoms. The number of fused-ring (bicyclic) bond motifs is 1. The Bertz CT molecular complexity index is 1730. The van der Waals surface area contributed by atoms with Crippen molar-refractivity contribution < 1.29 is 31.5 Å². The van der Waals surface area contributed by atoms with Crippen molar-refractivity contribution in [1.29, 1.82) is 0 Å². The van der Waals surface area contributed by atoms with Gasteiger partial charge in [-0.1, -0.05) is 24.3 Å². The van der Waals surface area contributed by atoms with Crippen LogP contribution in [0.2, 0.25) is 0 Å². The number of hydrogen-bond donors (Lipinski definition) is 1. The number of pyridine rings is 1. The molecule has 2 saturated heterocycles. The topological polar surface area (TPSA) is 115 Å². The van der Waals surface area contributed by atoms with Gasteiger partial charge in [0.25, 0.3) is 21.8 Å². The quantitative estimate of drug-likeness (QED) is 0.366. The highest BCUT2D eigenvalue weighted by Gasteiger charge is 2.63. The third kappa shape index (κ3) is 5.42. The number of piperidine rings is 1. The van der Waals surface area contributed by atoms with E-state index >= 15 is 4.39 Å². The lowest BCUT2D eigenvalue weighted by atomic mass is 9.74. The molecule has 3 aliphatic rings. The van der Waals surface area contributed by atoms with Crippen molar-refractivity contribution in [3.05, 3.63) is 83.6 Å². The number of nitrogens with zero attached hydrogens (tertiary/aromatic N) is 5. The van der Waals surface area contributed by atoms with Gasteiger partial charge in [0.15, 0.2) is 17.0 Å². The zero-order valence-corrected chi connectivity index (χ0v) is 26.5. The first kappa shape index (κ1) is 32.0. The lowest BCUT2D eigenvalue weighted by molar-refractivity contribution is -0.137. The normalized spacial score (nSPS) is 21.7. The van der Waals surface area contributed by atoms with Gasteiger partial charge in [0.1, 0.15) is 0 Å². The molecule has 14 heteroatoms. The van der Waals surface area contributed by atoms with E-state index in [2.05, 4.69) is 27.3 Å². The van der Waals surface area contributed by atoms with Crippen LogP contribution in [0.1, 0.15) is 30.9 Å². The number of piperazine rings is 1. The Kier molecular flexibility index (Phi) is 8.81. The van der Waals surface area contributed by atoms with Gasteiger partial charge in [-0.15, -0.1) is 0 Å². The van der Waals surface area contributed by atoms with Gasteiger partial charge >= 0.3 is 0 Å². The number of nitrogens with one attached hydrogen (secondary N) is 1. The maximum absolute atomic E-state index is 15.1. The molecule has 0 radical (unpaired) electrons. The Morgan fingerprint density at radius 3 is 2.33 bits per heavy atom. The number of hydrazine groups is 1. The Balaban J connectivity index is 1.43. The fourth-order valence-corrected chi connectivity index (χ4v) is 8.08. The van der Waals surface area contributed by atoms with Gasteiger partial charge in [0.05, 0.1) is 17.2 Å². The third-order valence-electron chi connectivity index (χ3n) is 9.02. The number of ether oxygens (including phenoxy) is 1. The van der Waals surface area contributed by atoms with Crippen molar-refractivity contribution in [1.82, 2.24) is 25.2 Å². The lowest BCUT2D eigenvalue weighted by Crippen LogP contribution is -2.59. The maximum Gasteiger partial charge on any atom is 0.270 e. The first-order valence-electron chi connectivity index (χ1n) is 15.3. The standard InChI is InChI=1S/C32H36F2N6O5S/c1-3-45-29-24(10-7-13-35-29)32(30(41)36-39-14-11-22(12-15-39)38-18-16-37(2)17-19-38)25-20-26(33)27(34)21-28(25)40(31(32)42)46(43,44)23-8-5-4-6-9-23/h4-10,13,20-22H,3,11-12,14-19H2,1-2H3,(H,36,41). The number of aromatic nitrogens is 1. The van der Waals surface area contributed by atoms with Crippen molar-refractivity contribution in [2.45, 2.75) is 36.1 Å². The summed E-state index contributed by atoms with van der Waals surface area (Å²) in [6.45, 7) is 6.59. The van der Waals surface area contributed by atoms with E-state index in [1.165, 1.54) is 42.6 Å². The van der Waals surface area contributed by atoms with E-state index in [4.69, 9.17) is 4.74 Å². The first-order chi connectivity index (χ1) is 22.1. The zero-order chi connectivity index (χ0) is 32.6. The summed E-state index contributed by atoms with van der Waals surface area (Å²) < 4.78 is 64.1. The van der Waals surface area contributed by atoms with Gasteiger partial charge < -0.3 is 9.64 Å². The predicted octanol–water partition coefficient (Wildman–Crippen LogP) is 2.52. The molecule has 1 aromatic heterocycles. The van der Waals surface area contributed by atoms with Crippen LogP contribution in [0.15, 0.2) is 65.7 Å². The van der Waals surface area contributed by atoms with E-state index in [0.717, 1.165) is 39.0 Å². The fourth-order valence-electron chi connectivity index (χ4n) is 6.61. The van der Waals surface area contributed by atoms with Gasteiger partial charge in [-0.25, -0.2) is 31.5 Å². The number of amides is 2. The highest BCUT2D eigenvalue weighted by Crippen LogP contribution is 2.51. The summed E-state index contributed by atoms with van der Waals surface area (Å²) in [6.07, 6.45) is 2.91. The summed E-state index contributed by atoms with van der Waals surface area (Å²) in [5, 5.41) is 1.69. The summed E-state index contributed by atoms with van der Waals surface area (Å²) in [6, 6.07) is 11.7. The Labute approximate surface area is 266 Å². The van der Waals surface area contributed by atoms with Crippen LogP contribution in [-0.2, 0) is 25.0 Å². The smallest absolute Gasteiger partial charge is 0.270 e. The maximum atomic E-state index is 15.1. The lowest BCUT2D eigenvalue weighted by Gasteiger charge is -2.42. The number of carbonyl (C=O) groups is 2. The minimum absolute atomic E-state index is 0.0929. The molecular formula is C32H36F2N6O5S. The molecule has 244 valence electrons. The highest BCUT2D eigenvalue weighted by molar-refractivity contribution is 7.93. The number of rotatable bonds is 8. The van der Waals surface area contributed by atoms with Crippen molar-refractivity contribution in [2.24, 2.45) is 0 Å². The fraction of sp³-hybridized carbons (Fsp3) is 0.406. The van der Waals surface area contributed by atoms with Crippen molar-refractivity contribution in [3.63, 3.8) is 0 Å². The van der Waals surface area contributed by atoms with Crippen LogP contribution >= 0.6 is 0 Å². The average Bonchev–Trinajstić information content (AvgIpc) is 3.31. The van der Waals surface area contributed by atoms with E-state index in [1.54, 1.807) is 18.0 Å². The molecule has 11 nitrogen and oxygen atoms in total. The SMILES string of the molecule is CCOc1ncccc1C1(C(=O)NN2CCC(N3CCN(C)CC3)CC2)C(=O)N(S(=O)(=O)c2ccccc2)c2cc(F)c(F)cc21. The van der Waals surface area contributed by atoms with Crippen LogP contribution in [0.3, 0.4) is 0 Å². The molecule has 2 fully saturated rings. The number of anilines is 1. The third-order valence-corrected chi connectivity index (χ3v) is 10.7. The summed E-state index contributed by atoms with van der Waals surface area (Å²) >= 11 is 0. The molecule has 1 unspecified atom stereocenters. The van der Waals surface area contributed by atoms with Crippen LogP contribution in [0, 0.1) is 11.6 Å². The predicted molar refractivity (Wildman–Crippen MR) is 165 cm³/mol. The molecule has 6 rings (SSSR count). The molecule has 2 amide bonds. The van der Waals surface area contributed by atoms with Crippen LogP contribution in [0.25, 0.3) is 0 Å². The van der Waals surface area contributed by atoms with Crippen LogP contribution in [0.4, 0.5) is 14.5 Å². The van der Waals surface area contributed by atoms with Crippen LogP contribution in [0.5, 0.6) is 5.88 Å². The molecule has 1 N–H and O–H groups in total. The zero-order valence-electron chi connectivity index (χ0n) is 25.7. The van der Waals surface area contributed by atoms with Gasteiger partial charge in [-0.05, 0) is 51.1 Å². The van der Waals surface area contributed by atoms with Crippen LogP contribution < -0.4 is 14.5 Å². The van der Waals surface area contributed by atoms with Gasteiger partial charge in [-0.3, -0.25) is 19.9 Å². The van der Waals surface area contributed by atoms with Gasteiger partial charge in [0.2, 0.25) is 5.88 Å². The van der Waals surface area contributed by atoms with Gasteiger partial charge in [-0.2, -0.15) is 0 Å². The van der Waals surface area contributed by atoms with E-state index in [0.29, 0.717) is 35.6 Å². The molecular weight excluding hydrogens is 618 g/mol. The average molecular weight is 655 g/mol. The largest absolute Gasteiger partial charge is 0.478 e. The molecule has 3 aliphatic heterocycles. The van der Waals surface area contributed by atoms with Crippen LogP contribution in [-0.4, -0.2) is 99.0 Å². The summed E-state index contributed by atoms with van der Waals surface area (Å²) in [5.41, 5.74) is -0.545. The van der Waals surface area contributed by atoms with Gasteiger partial charge in [0, 0.05) is 68.7 Å². The molecule has 0 aliphatic carbocycles. The molecule has 3 aromatic rings. The van der Waals surface area contributed by atoms with E-state index in [1.807, 2.05) is 0 Å². The number of carbonyl (C=O) groups excluding carboxylic acids is 2. The summed E-state index contributed by atoms with van der Waals surface area (Å²) in [4.78, 5) is 38.2. The summed E-state index contributed by atoms with van der Waals surface area (Å²) in [7, 11) is -2.60. The second kappa shape index (κ2) is 12.7. The molecule has 0 bridgehead atoms. The molecule has 0 saturated carbocycles. The van der Waals surface area contributed by atoms with E-state index < -0.39 is 44.6 Å². The highest BCUT2D eigenvalue weighted by atomic mass is 32.2. The Hall–Kier alpha value is -3.98. The number of halogens is 2. The Morgan fingerprint density at radius 1 is 0.978 bits per heavy atom. The van der Waals surface area contributed by atoms with E-state index in [9.17, 15) is 22.4 Å². The Morgan fingerprint density at radius 2 is 1.65 bits per heavy atom.